The van der Waals surface area contributed by atoms with Crippen molar-refractivity contribution in [2.24, 2.45) is 0 Å². The van der Waals surface area contributed by atoms with Gasteiger partial charge in [0.2, 0.25) is 5.91 Å². The smallest absolute Gasteiger partial charge is 0.260 e. The Morgan fingerprint density at radius 3 is 2.71 bits per heavy atom. The largest absolute Gasteiger partial charge is 0.350 e. The lowest BCUT2D eigenvalue weighted by molar-refractivity contribution is -0.125. The molecule has 0 unspecified atom stereocenters. The molecule has 0 fully saturated rings. The van der Waals surface area contributed by atoms with Crippen LogP contribution in [0.5, 0.6) is 0 Å². The molecule has 0 radical (unpaired) electrons. The first-order valence-electron chi connectivity index (χ1n) is 7.11. The molecule has 0 aromatic carbocycles. The zero-order chi connectivity index (χ0) is 15.6. The van der Waals surface area contributed by atoms with Crippen molar-refractivity contribution in [2.45, 2.75) is 45.7 Å². The van der Waals surface area contributed by atoms with Crippen LogP contribution >= 0.6 is 0 Å². The van der Waals surface area contributed by atoms with E-state index in [2.05, 4.69) is 10.3 Å². The monoisotopic (exact) mass is 287 g/mol. The third kappa shape index (κ3) is 3.29. The number of fused-ring (bicyclic) bond motifs is 1. The molecule has 2 aromatic heterocycles. The SMILES string of the molecule is CC[C@@H](C(=O)NC(C)(C)C)n1ccc2ncccc2c1=O. The van der Waals surface area contributed by atoms with E-state index in [0.29, 0.717) is 17.3 Å². The van der Waals surface area contributed by atoms with Crippen molar-refractivity contribution in [1.82, 2.24) is 14.9 Å². The van der Waals surface area contributed by atoms with E-state index >= 15 is 0 Å². The van der Waals surface area contributed by atoms with E-state index < -0.39 is 6.04 Å². The quantitative estimate of drug-likeness (QED) is 0.941. The number of amides is 1. The number of pyridine rings is 2. The number of aromatic nitrogens is 2. The van der Waals surface area contributed by atoms with Crippen LogP contribution in [0.4, 0.5) is 0 Å². The fourth-order valence-electron chi connectivity index (χ4n) is 2.30. The molecule has 0 saturated heterocycles. The summed E-state index contributed by atoms with van der Waals surface area (Å²) in [5.41, 5.74) is 0.133. The summed E-state index contributed by atoms with van der Waals surface area (Å²) in [6.07, 6.45) is 3.84. The van der Waals surface area contributed by atoms with Crippen molar-refractivity contribution in [1.29, 1.82) is 0 Å². The maximum absolute atomic E-state index is 12.5. The molecule has 112 valence electrons. The molecule has 2 rings (SSSR count). The first kappa shape index (κ1) is 15.2. The van der Waals surface area contributed by atoms with Gasteiger partial charge in [-0.3, -0.25) is 14.6 Å². The summed E-state index contributed by atoms with van der Waals surface area (Å²) in [6, 6.07) is 4.71. The van der Waals surface area contributed by atoms with Gasteiger partial charge in [-0.05, 0) is 45.4 Å². The highest BCUT2D eigenvalue weighted by molar-refractivity contribution is 5.82. The zero-order valence-corrected chi connectivity index (χ0v) is 12.9. The third-order valence-corrected chi connectivity index (χ3v) is 3.22. The van der Waals surface area contributed by atoms with E-state index in [-0.39, 0.29) is 17.0 Å². The lowest BCUT2D eigenvalue weighted by Gasteiger charge is -2.25. The van der Waals surface area contributed by atoms with Crippen molar-refractivity contribution < 1.29 is 4.79 Å². The van der Waals surface area contributed by atoms with Gasteiger partial charge in [-0.1, -0.05) is 6.92 Å². The number of carbonyl (C=O) groups excluding carboxylic acids is 1. The van der Waals surface area contributed by atoms with Gasteiger partial charge in [0.1, 0.15) is 6.04 Å². The van der Waals surface area contributed by atoms with Crippen molar-refractivity contribution in [2.75, 3.05) is 0 Å². The molecule has 0 saturated carbocycles. The number of carbonyl (C=O) groups is 1. The molecule has 1 amide bonds. The fourth-order valence-corrected chi connectivity index (χ4v) is 2.30. The summed E-state index contributed by atoms with van der Waals surface area (Å²) in [7, 11) is 0. The topological polar surface area (TPSA) is 64.0 Å². The maximum atomic E-state index is 12.5. The Kier molecular flexibility index (Phi) is 4.11. The lowest BCUT2D eigenvalue weighted by atomic mass is 10.1. The molecule has 21 heavy (non-hydrogen) atoms. The Morgan fingerprint density at radius 2 is 2.10 bits per heavy atom. The number of nitrogens with zero attached hydrogens (tertiary/aromatic N) is 2. The third-order valence-electron chi connectivity index (χ3n) is 3.22. The van der Waals surface area contributed by atoms with Crippen LogP contribution in [0.1, 0.15) is 40.2 Å². The molecule has 0 spiro atoms. The molecule has 5 nitrogen and oxygen atoms in total. The highest BCUT2D eigenvalue weighted by atomic mass is 16.2. The van der Waals surface area contributed by atoms with Gasteiger partial charge in [-0.15, -0.1) is 0 Å². The summed E-state index contributed by atoms with van der Waals surface area (Å²) in [6.45, 7) is 7.66. The molecule has 0 aliphatic rings. The first-order valence-corrected chi connectivity index (χ1v) is 7.11. The standard InChI is InChI=1S/C16H21N3O2/c1-5-13(14(20)18-16(2,3)4)19-10-8-12-11(15(19)21)7-6-9-17-12/h6-10,13H,5H2,1-4H3,(H,18,20)/t13-/m0/s1. The predicted octanol–water partition coefficient (Wildman–Crippen LogP) is 2.26. The normalized spacial score (nSPS) is 13.1. The number of hydrogen-bond acceptors (Lipinski definition) is 3. The Hall–Kier alpha value is -2.17. The summed E-state index contributed by atoms with van der Waals surface area (Å²) in [5, 5.41) is 3.46. The average Bonchev–Trinajstić information content (AvgIpc) is 2.40. The van der Waals surface area contributed by atoms with E-state index in [1.165, 1.54) is 4.57 Å². The molecule has 1 N–H and O–H groups in total. The molecule has 0 bridgehead atoms. The van der Waals surface area contributed by atoms with Crippen molar-refractivity contribution >= 4 is 16.8 Å². The van der Waals surface area contributed by atoms with Crippen molar-refractivity contribution in [3.63, 3.8) is 0 Å². The summed E-state index contributed by atoms with van der Waals surface area (Å²) < 4.78 is 1.49. The van der Waals surface area contributed by atoms with Gasteiger partial charge in [-0.25, -0.2) is 0 Å². The van der Waals surface area contributed by atoms with Crippen LogP contribution in [0, 0.1) is 0 Å². The minimum atomic E-state index is -0.513. The van der Waals surface area contributed by atoms with E-state index in [9.17, 15) is 9.59 Å². The van der Waals surface area contributed by atoms with Gasteiger partial charge >= 0.3 is 0 Å². The van der Waals surface area contributed by atoms with Crippen molar-refractivity contribution in [3.05, 3.63) is 40.9 Å². The Balaban J connectivity index is 2.46. The molecule has 1 atom stereocenters. The van der Waals surface area contributed by atoms with Gasteiger partial charge in [-0.2, -0.15) is 0 Å². The van der Waals surface area contributed by atoms with Crippen LogP contribution in [-0.4, -0.2) is 21.0 Å². The van der Waals surface area contributed by atoms with Crippen LogP contribution in [0.25, 0.3) is 10.9 Å². The van der Waals surface area contributed by atoms with Crippen molar-refractivity contribution in [3.8, 4) is 0 Å². The Bertz CT molecular complexity index is 713. The van der Waals surface area contributed by atoms with Gasteiger partial charge < -0.3 is 9.88 Å². The Labute approximate surface area is 124 Å². The molecular formula is C16H21N3O2. The number of hydrogen-bond donors (Lipinski definition) is 1. The van der Waals surface area contributed by atoms with Crippen LogP contribution in [0.3, 0.4) is 0 Å². The van der Waals surface area contributed by atoms with Crippen LogP contribution in [0.2, 0.25) is 0 Å². The Morgan fingerprint density at radius 1 is 1.38 bits per heavy atom. The molecule has 2 aromatic rings. The minimum absolute atomic E-state index is 0.143. The van der Waals surface area contributed by atoms with Gasteiger partial charge in [0, 0.05) is 17.9 Å². The second kappa shape index (κ2) is 5.68. The predicted molar refractivity (Wildman–Crippen MR) is 83.2 cm³/mol. The summed E-state index contributed by atoms with van der Waals surface area (Å²) >= 11 is 0. The van der Waals surface area contributed by atoms with Crippen LogP contribution in [-0.2, 0) is 4.79 Å². The first-order chi connectivity index (χ1) is 9.83. The van der Waals surface area contributed by atoms with E-state index in [1.807, 2.05) is 27.7 Å². The van der Waals surface area contributed by atoms with Gasteiger partial charge in [0.25, 0.3) is 5.56 Å². The fraction of sp³-hybridized carbons (Fsp3) is 0.438. The van der Waals surface area contributed by atoms with E-state index in [1.54, 1.807) is 30.6 Å². The zero-order valence-electron chi connectivity index (χ0n) is 12.9. The summed E-state index contributed by atoms with van der Waals surface area (Å²) in [5.74, 6) is -0.143. The number of rotatable bonds is 3. The molecule has 5 heteroatoms. The van der Waals surface area contributed by atoms with E-state index in [0.717, 1.165) is 0 Å². The minimum Gasteiger partial charge on any atom is -0.350 e. The lowest BCUT2D eigenvalue weighted by Crippen LogP contribution is -2.45. The second-order valence-corrected chi connectivity index (χ2v) is 6.13. The van der Waals surface area contributed by atoms with Crippen LogP contribution < -0.4 is 10.9 Å². The highest BCUT2D eigenvalue weighted by Gasteiger charge is 2.24. The summed E-state index contributed by atoms with van der Waals surface area (Å²) in [4.78, 5) is 29.1. The second-order valence-electron chi connectivity index (χ2n) is 6.13. The molecule has 0 aliphatic heterocycles. The highest BCUT2D eigenvalue weighted by Crippen LogP contribution is 2.14. The number of nitrogens with one attached hydrogen (secondary N) is 1. The van der Waals surface area contributed by atoms with Gasteiger partial charge in [0.15, 0.2) is 0 Å². The molecule has 0 aliphatic carbocycles. The molecule has 2 heterocycles. The average molecular weight is 287 g/mol. The van der Waals surface area contributed by atoms with Crippen LogP contribution in [0.15, 0.2) is 35.4 Å². The van der Waals surface area contributed by atoms with E-state index in [4.69, 9.17) is 0 Å². The maximum Gasteiger partial charge on any atom is 0.260 e. The molecular weight excluding hydrogens is 266 g/mol. The van der Waals surface area contributed by atoms with Gasteiger partial charge in [0.05, 0.1) is 10.9 Å².